The Bertz CT molecular complexity index is 1220. The van der Waals surface area contributed by atoms with Crippen molar-refractivity contribution in [2.45, 2.75) is 110 Å². The summed E-state index contributed by atoms with van der Waals surface area (Å²) in [6.45, 7) is 6.05. The summed E-state index contributed by atoms with van der Waals surface area (Å²) in [6.07, 6.45) is -16.1. The number of carbonyl (C=O) groups is 7. The molecule has 0 aromatic heterocycles. The molecule has 10 atom stereocenters. The Morgan fingerprint density at radius 2 is 0.935 bits per heavy atom. The zero-order valence-corrected chi connectivity index (χ0v) is 26.0. The fraction of sp³-hybridized carbons (Fsp3) is 0.731. The molecule has 2 rings (SSSR count). The smallest absolute Gasteiger partial charge is 0.303 e. The normalized spacial score (nSPS) is 30.3. The summed E-state index contributed by atoms with van der Waals surface area (Å²) >= 11 is 0. The summed E-state index contributed by atoms with van der Waals surface area (Å²) in [5.74, 6) is -6.10. The molecular formula is C26H35N3O17. The number of ether oxygens (including phenoxy) is 10. The van der Waals surface area contributed by atoms with Crippen LogP contribution < -0.4 is 0 Å². The molecule has 0 bridgehead atoms. The predicted molar refractivity (Wildman–Crippen MR) is 142 cm³/mol. The average molecular weight is 662 g/mol. The lowest BCUT2D eigenvalue weighted by atomic mass is 9.95. The number of rotatable bonds is 12. The van der Waals surface area contributed by atoms with Gasteiger partial charge in [-0.05, 0) is 5.53 Å². The first-order valence-corrected chi connectivity index (χ1v) is 13.7. The number of nitrogens with zero attached hydrogens (tertiary/aromatic N) is 3. The minimum Gasteiger partial charge on any atom is -0.463 e. The molecule has 0 aliphatic carbocycles. The second kappa shape index (κ2) is 17.2. The van der Waals surface area contributed by atoms with Crippen LogP contribution in [-0.2, 0) is 80.9 Å². The standard InChI is InChI=1S/C26H35N3O17/c1-10(30)37-8-17-20(21(40-13(4)33)23(42-15(6)35)25(44-17)28-29-27)46-26-24(43-16(7)36)22(41-14(5)34)19(39-12(3)32)18(45-26)9-38-11(2)31/h17-26H,8-9H2,1-7H3/t17-,18+,19-,20+,21+,22-,23+,24-,25-,26-/m1/s1. The fourth-order valence-corrected chi connectivity index (χ4v) is 4.63. The van der Waals surface area contributed by atoms with Gasteiger partial charge in [0, 0.05) is 53.4 Å². The van der Waals surface area contributed by atoms with E-state index in [-0.39, 0.29) is 0 Å². The third-order valence-corrected chi connectivity index (χ3v) is 6.07. The van der Waals surface area contributed by atoms with E-state index in [1.807, 2.05) is 0 Å². The Labute approximate surface area is 261 Å². The van der Waals surface area contributed by atoms with E-state index in [0.717, 1.165) is 48.5 Å². The molecule has 0 aromatic carbocycles. The maximum atomic E-state index is 12.2. The van der Waals surface area contributed by atoms with Crippen molar-refractivity contribution < 1.29 is 80.9 Å². The Kier molecular flexibility index (Phi) is 14.1. The van der Waals surface area contributed by atoms with Gasteiger partial charge in [0.15, 0.2) is 43.0 Å². The second-order valence-corrected chi connectivity index (χ2v) is 9.89. The minimum absolute atomic E-state index is 0.585. The third kappa shape index (κ3) is 11.1. The largest absolute Gasteiger partial charge is 0.463 e. The van der Waals surface area contributed by atoms with E-state index >= 15 is 0 Å². The maximum absolute atomic E-state index is 12.2. The monoisotopic (exact) mass is 661 g/mol. The SMILES string of the molecule is CC(=O)OC[C@@H]1O[C@H](O[C@@H]2[C@H](OC(C)=O)[C@H](OC(C)=O)[C@H](N=[N+]=[N-])O[C@@H]2COC(C)=O)[C@H](OC(C)=O)[C@H](OC(C)=O)[C@@H]1OC(C)=O. The molecule has 0 saturated carbocycles. The van der Waals surface area contributed by atoms with E-state index in [2.05, 4.69) is 10.0 Å². The van der Waals surface area contributed by atoms with Gasteiger partial charge in [0.1, 0.15) is 31.5 Å². The molecule has 0 aromatic rings. The van der Waals surface area contributed by atoms with Crippen LogP contribution in [0.1, 0.15) is 48.5 Å². The van der Waals surface area contributed by atoms with Crippen molar-refractivity contribution in [3.05, 3.63) is 10.4 Å². The van der Waals surface area contributed by atoms with E-state index in [4.69, 9.17) is 52.9 Å². The van der Waals surface area contributed by atoms with Gasteiger partial charge in [0.05, 0.1) is 0 Å². The summed E-state index contributed by atoms with van der Waals surface area (Å²) in [4.78, 5) is 86.7. The van der Waals surface area contributed by atoms with Gasteiger partial charge in [-0.1, -0.05) is 5.11 Å². The van der Waals surface area contributed by atoms with E-state index in [1.54, 1.807) is 0 Å². The van der Waals surface area contributed by atoms with Crippen LogP contribution in [0.2, 0.25) is 0 Å². The lowest BCUT2D eigenvalue weighted by Gasteiger charge is -2.48. The van der Waals surface area contributed by atoms with Crippen molar-refractivity contribution in [2.75, 3.05) is 13.2 Å². The van der Waals surface area contributed by atoms with Gasteiger partial charge in [0.2, 0.25) is 0 Å². The topological polar surface area (TPSA) is 261 Å². The van der Waals surface area contributed by atoms with Gasteiger partial charge < -0.3 is 47.4 Å². The Morgan fingerprint density at radius 3 is 1.37 bits per heavy atom. The van der Waals surface area contributed by atoms with Crippen LogP contribution >= 0.6 is 0 Å². The molecule has 0 amide bonds. The Morgan fingerprint density at radius 1 is 0.543 bits per heavy atom. The Hall–Kier alpha value is -4.52. The van der Waals surface area contributed by atoms with Gasteiger partial charge in [-0.3, -0.25) is 33.6 Å². The van der Waals surface area contributed by atoms with Crippen LogP contribution in [0.3, 0.4) is 0 Å². The molecule has 2 fully saturated rings. The first-order chi connectivity index (χ1) is 21.5. The summed E-state index contributed by atoms with van der Waals surface area (Å²) in [5, 5.41) is 3.46. The lowest BCUT2D eigenvalue weighted by Crippen LogP contribution is -2.67. The van der Waals surface area contributed by atoms with Crippen molar-refractivity contribution in [2.24, 2.45) is 5.11 Å². The lowest BCUT2D eigenvalue weighted by molar-refractivity contribution is -0.344. The molecule has 20 heteroatoms. The van der Waals surface area contributed by atoms with Crippen molar-refractivity contribution in [3.8, 4) is 0 Å². The first kappa shape index (κ1) is 37.7. The molecule has 2 aliphatic rings. The average Bonchev–Trinajstić information content (AvgIpc) is 2.91. The molecule has 256 valence electrons. The predicted octanol–water partition coefficient (Wildman–Crippen LogP) is -0.0836. The van der Waals surface area contributed by atoms with Crippen LogP contribution in [-0.4, -0.2) is 116 Å². The number of carbonyl (C=O) groups excluding carboxylic acids is 7. The number of hydrogen-bond donors (Lipinski definition) is 0. The Balaban J connectivity index is 2.73. The molecule has 20 nitrogen and oxygen atoms in total. The van der Waals surface area contributed by atoms with Gasteiger partial charge in [0.25, 0.3) is 0 Å². The highest BCUT2D eigenvalue weighted by Crippen LogP contribution is 2.35. The van der Waals surface area contributed by atoms with Gasteiger partial charge in [-0.2, -0.15) is 0 Å². The fourth-order valence-electron chi connectivity index (χ4n) is 4.63. The van der Waals surface area contributed by atoms with Gasteiger partial charge in [-0.15, -0.1) is 0 Å². The zero-order valence-electron chi connectivity index (χ0n) is 26.0. The highest BCUT2D eigenvalue weighted by Gasteiger charge is 2.57. The molecular weight excluding hydrogens is 626 g/mol. The highest BCUT2D eigenvalue weighted by atomic mass is 16.8. The van der Waals surface area contributed by atoms with Crippen molar-refractivity contribution in [1.82, 2.24) is 0 Å². The van der Waals surface area contributed by atoms with Crippen molar-refractivity contribution in [3.63, 3.8) is 0 Å². The zero-order chi connectivity index (χ0) is 34.7. The number of hydrogen-bond acceptors (Lipinski definition) is 18. The molecule has 0 N–H and O–H groups in total. The third-order valence-electron chi connectivity index (χ3n) is 6.07. The molecule has 0 radical (unpaired) electrons. The van der Waals surface area contributed by atoms with Gasteiger partial charge in [-0.25, -0.2) is 0 Å². The summed E-state index contributed by atoms with van der Waals surface area (Å²) in [6, 6.07) is 0. The summed E-state index contributed by atoms with van der Waals surface area (Å²) in [7, 11) is 0. The van der Waals surface area contributed by atoms with Gasteiger partial charge >= 0.3 is 41.8 Å². The first-order valence-electron chi connectivity index (χ1n) is 13.7. The van der Waals surface area contributed by atoms with Crippen molar-refractivity contribution in [1.29, 1.82) is 0 Å². The van der Waals surface area contributed by atoms with E-state index in [0.29, 0.717) is 0 Å². The summed E-state index contributed by atoms with van der Waals surface area (Å²) in [5.41, 5.74) is 9.13. The van der Waals surface area contributed by atoms with Crippen LogP contribution in [0.15, 0.2) is 5.11 Å². The molecule has 0 unspecified atom stereocenters. The van der Waals surface area contributed by atoms with E-state index in [9.17, 15) is 33.6 Å². The molecule has 2 heterocycles. The second-order valence-electron chi connectivity index (χ2n) is 9.89. The van der Waals surface area contributed by atoms with E-state index in [1.165, 1.54) is 0 Å². The minimum atomic E-state index is -1.82. The summed E-state index contributed by atoms with van der Waals surface area (Å²) < 4.78 is 54.8. The maximum Gasteiger partial charge on any atom is 0.303 e. The molecule has 46 heavy (non-hydrogen) atoms. The quantitative estimate of drug-likeness (QED) is 0.0870. The van der Waals surface area contributed by atoms with E-state index < -0.39 is 116 Å². The van der Waals surface area contributed by atoms with Crippen LogP contribution in [0.5, 0.6) is 0 Å². The molecule has 2 aliphatic heterocycles. The number of esters is 7. The molecule has 0 spiro atoms. The highest BCUT2D eigenvalue weighted by molar-refractivity contribution is 5.69. The molecule has 2 saturated heterocycles. The van der Waals surface area contributed by atoms with Crippen LogP contribution in [0, 0.1) is 0 Å². The van der Waals surface area contributed by atoms with Crippen molar-refractivity contribution >= 4 is 41.8 Å². The van der Waals surface area contributed by atoms with Crippen LogP contribution in [0.4, 0.5) is 0 Å². The van der Waals surface area contributed by atoms with Crippen LogP contribution in [0.25, 0.3) is 10.4 Å². The number of azide groups is 1.